The second kappa shape index (κ2) is 10.5. The second-order valence-electron chi connectivity index (χ2n) is 9.08. The standard InChI is InChI=1S/C26H37NO2/c1-7-24(29-23-16-14-22(15-17-23)26(4,5)6)25(28)27-18-8-9-20-10-12-21(13-11-20)19(2)3/h10-17,19,24H,7-9,18H2,1-6H3,(H,27,28)/t24-/m0/s1. The molecule has 2 aromatic rings. The fraction of sp³-hybridized carbons (Fsp3) is 0.500. The van der Waals surface area contributed by atoms with Crippen molar-refractivity contribution in [3.05, 3.63) is 65.2 Å². The molecule has 29 heavy (non-hydrogen) atoms. The van der Waals surface area contributed by atoms with Gasteiger partial charge in [-0.3, -0.25) is 4.79 Å². The third-order valence-corrected chi connectivity index (χ3v) is 5.25. The quantitative estimate of drug-likeness (QED) is 0.528. The van der Waals surface area contributed by atoms with Crippen LogP contribution < -0.4 is 10.1 Å². The van der Waals surface area contributed by atoms with Gasteiger partial charge in [-0.2, -0.15) is 0 Å². The summed E-state index contributed by atoms with van der Waals surface area (Å²) in [4.78, 5) is 12.5. The van der Waals surface area contributed by atoms with Crippen LogP contribution in [0.4, 0.5) is 0 Å². The first kappa shape index (κ1) is 23.0. The van der Waals surface area contributed by atoms with Gasteiger partial charge >= 0.3 is 0 Å². The van der Waals surface area contributed by atoms with E-state index in [2.05, 4.69) is 76.3 Å². The van der Waals surface area contributed by atoms with Crippen LogP contribution in [0.15, 0.2) is 48.5 Å². The van der Waals surface area contributed by atoms with E-state index in [9.17, 15) is 4.79 Å². The maximum Gasteiger partial charge on any atom is 0.261 e. The molecule has 158 valence electrons. The SMILES string of the molecule is CC[C@H](Oc1ccc(C(C)(C)C)cc1)C(=O)NCCCc1ccc(C(C)C)cc1. The molecule has 0 bridgehead atoms. The molecule has 0 radical (unpaired) electrons. The first-order chi connectivity index (χ1) is 13.7. The third-order valence-electron chi connectivity index (χ3n) is 5.25. The van der Waals surface area contributed by atoms with Gasteiger partial charge in [0, 0.05) is 6.54 Å². The Morgan fingerprint density at radius 3 is 2.14 bits per heavy atom. The van der Waals surface area contributed by atoms with E-state index in [-0.39, 0.29) is 11.3 Å². The number of hydrogen-bond acceptors (Lipinski definition) is 2. The van der Waals surface area contributed by atoms with Gasteiger partial charge in [0.1, 0.15) is 5.75 Å². The van der Waals surface area contributed by atoms with Crippen molar-refractivity contribution in [2.45, 2.75) is 78.2 Å². The zero-order valence-corrected chi connectivity index (χ0v) is 18.9. The molecule has 0 unspecified atom stereocenters. The van der Waals surface area contributed by atoms with Crippen LogP contribution in [0.2, 0.25) is 0 Å². The Morgan fingerprint density at radius 1 is 1.00 bits per heavy atom. The molecule has 0 aromatic heterocycles. The van der Waals surface area contributed by atoms with Crippen LogP contribution in [0, 0.1) is 0 Å². The van der Waals surface area contributed by atoms with Crippen molar-refractivity contribution >= 4 is 5.91 Å². The number of carbonyl (C=O) groups is 1. The molecule has 0 saturated carbocycles. The molecule has 0 saturated heterocycles. The fourth-order valence-corrected chi connectivity index (χ4v) is 3.21. The summed E-state index contributed by atoms with van der Waals surface area (Å²) < 4.78 is 5.93. The van der Waals surface area contributed by atoms with Crippen LogP contribution in [-0.4, -0.2) is 18.6 Å². The van der Waals surface area contributed by atoms with Gasteiger partial charge in [0.15, 0.2) is 6.10 Å². The lowest BCUT2D eigenvalue weighted by Crippen LogP contribution is -2.38. The monoisotopic (exact) mass is 395 g/mol. The zero-order chi connectivity index (χ0) is 21.4. The van der Waals surface area contributed by atoms with Crippen LogP contribution in [0.1, 0.15) is 77.0 Å². The van der Waals surface area contributed by atoms with E-state index in [4.69, 9.17) is 4.74 Å². The Hall–Kier alpha value is -2.29. The lowest BCUT2D eigenvalue weighted by molar-refractivity contribution is -0.128. The minimum absolute atomic E-state index is 0.0393. The minimum atomic E-state index is -0.458. The van der Waals surface area contributed by atoms with Gasteiger partial charge in [0.05, 0.1) is 0 Å². The summed E-state index contributed by atoms with van der Waals surface area (Å²) in [5, 5.41) is 3.03. The van der Waals surface area contributed by atoms with Gasteiger partial charge in [-0.1, -0.05) is 77.9 Å². The number of hydrogen-bond donors (Lipinski definition) is 1. The smallest absolute Gasteiger partial charge is 0.261 e. The summed E-state index contributed by atoms with van der Waals surface area (Å²) in [5.41, 5.74) is 4.03. The molecule has 3 heteroatoms. The topological polar surface area (TPSA) is 38.3 Å². The predicted molar refractivity (Wildman–Crippen MR) is 122 cm³/mol. The van der Waals surface area contributed by atoms with E-state index < -0.39 is 6.10 Å². The Bertz CT molecular complexity index is 755. The Morgan fingerprint density at radius 2 is 1.62 bits per heavy atom. The molecule has 0 aliphatic rings. The molecular formula is C26H37NO2. The number of amides is 1. The van der Waals surface area contributed by atoms with Crippen LogP contribution in [-0.2, 0) is 16.6 Å². The van der Waals surface area contributed by atoms with E-state index in [1.807, 2.05) is 19.1 Å². The molecule has 1 amide bonds. The van der Waals surface area contributed by atoms with Crippen LogP contribution in [0.25, 0.3) is 0 Å². The molecule has 3 nitrogen and oxygen atoms in total. The molecule has 1 N–H and O–H groups in total. The molecule has 0 aliphatic heterocycles. The van der Waals surface area contributed by atoms with Gasteiger partial charge in [0.25, 0.3) is 5.91 Å². The Kier molecular flexibility index (Phi) is 8.31. The molecular weight excluding hydrogens is 358 g/mol. The Labute approximate surface area is 176 Å². The summed E-state index contributed by atoms with van der Waals surface area (Å²) >= 11 is 0. The van der Waals surface area contributed by atoms with E-state index in [0.29, 0.717) is 18.9 Å². The predicted octanol–water partition coefficient (Wildman–Crippen LogP) is 6.01. The molecule has 2 rings (SSSR count). The average molecular weight is 396 g/mol. The second-order valence-corrected chi connectivity index (χ2v) is 9.08. The molecule has 0 aliphatic carbocycles. The first-order valence-electron chi connectivity index (χ1n) is 10.8. The summed E-state index contributed by atoms with van der Waals surface area (Å²) in [6.07, 6.45) is 2.07. The van der Waals surface area contributed by atoms with Crippen LogP contribution >= 0.6 is 0 Å². The van der Waals surface area contributed by atoms with Crippen molar-refractivity contribution in [2.75, 3.05) is 6.54 Å². The molecule has 0 fully saturated rings. The summed E-state index contributed by atoms with van der Waals surface area (Å²) in [5.74, 6) is 1.26. The van der Waals surface area contributed by atoms with Gasteiger partial charge in [-0.15, -0.1) is 0 Å². The van der Waals surface area contributed by atoms with E-state index >= 15 is 0 Å². The summed E-state index contributed by atoms with van der Waals surface area (Å²) in [7, 11) is 0. The first-order valence-corrected chi connectivity index (χ1v) is 10.8. The van der Waals surface area contributed by atoms with Crippen molar-refractivity contribution in [1.82, 2.24) is 5.32 Å². The van der Waals surface area contributed by atoms with Crippen molar-refractivity contribution in [3.63, 3.8) is 0 Å². The fourth-order valence-electron chi connectivity index (χ4n) is 3.21. The van der Waals surface area contributed by atoms with Crippen LogP contribution in [0.5, 0.6) is 5.75 Å². The normalized spacial score (nSPS) is 12.7. The van der Waals surface area contributed by atoms with Crippen LogP contribution in [0.3, 0.4) is 0 Å². The maximum atomic E-state index is 12.5. The number of aryl methyl sites for hydroxylation is 1. The van der Waals surface area contributed by atoms with Gasteiger partial charge in [-0.05, 0) is 59.4 Å². The lowest BCUT2D eigenvalue weighted by atomic mass is 9.87. The highest BCUT2D eigenvalue weighted by Crippen LogP contribution is 2.25. The van der Waals surface area contributed by atoms with Crippen molar-refractivity contribution < 1.29 is 9.53 Å². The number of carbonyl (C=O) groups excluding carboxylic acids is 1. The lowest BCUT2D eigenvalue weighted by Gasteiger charge is -2.21. The van der Waals surface area contributed by atoms with Gasteiger partial charge < -0.3 is 10.1 Å². The van der Waals surface area contributed by atoms with Crippen molar-refractivity contribution in [1.29, 1.82) is 0 Å². The maximum absolute atomic E-state index is 12.5. The largest absolute Gasteiger partial charge is 0.481 e. The number of rotatable bonds is 9. The van der Waals surface area contributed by atoms with Gasteiger partial charge in [-0.25, -0.2) is 0 Å². The van der Waals surface area contributed by atoms with Crippen molar-refractivity contribution in [3.8, 4) is 5.75 Å². The highest BCUT2D eigenvalue weighted by Gasteiger charge is 2.19. The van der Waals surface area contributed by atoms with Crippen molar-refractivity contribution in [2.24, 2.45) is 0 Å². The Balaban J connectivity index is 1.79. The van der Waals surface area contributed by atoms with E-state index in [1.165, 1.54) is 16.7 Å². The zero-order valence-electron chi connectivity index (χ0n) is 18.9. The highest BCUT2D eigenvalue weighted by molar-refractivity contribution is 5.81. The minimum Gasteiger partial charge on any atom is -0.481 e. The highest BCUT2D eigenvalue weighted by atomic mass is 16.5. The number of ether oxygens (including phenoxy) is 1. The van der Waals surface area contributed by atoms with Gasteiger partial charge in [0.2, 0.25) is 0 Å². The molecule has 0 spiro atoms. The molecule has 0 heterocycles. The molecule has 1 atom stereocenters. The third kappa shape index (κ3) is 7.23. The van der Waals surface area contributed by atoms with E-state index in [1.54, 1.807) is 0 Å². The average Bonchev–Trinajstić information content (AvgIpc) is 2.69. The number of nitrogens with one attached hydrogen (secondary N) is 1. The number of benzene rings is 2. The summed E-state index contributed by atoms with van der Waals surface area (Å²) in [6, 6.07) is 16.8. The summed E-state index contributed by atoms with van der Waals surface area (Å²) in [6.45, 7) is 13.6. The van der Waals surface area contributed by atoms with E-state index in [0.717, 1.165) is 18.6 Å². The molecule has 2 aromatic carbocycles.